The van der Waals surface area contributed by atoms with Crippen molar-refractivity contribution in [1.82, 2.24) is 5.32 Å². The Balaban J connectivity index is 3.67. The highest BCUT2D eigenvalue weighted by Crippen LogP contribution is 2.15. The molecular formula is C13H26N2O. The zero-order valence-electron chi connectivity index (χ0n) is 10.8. The van der Waals surface area contributed by atoms with Crippen LogP contribution in [0.3, 0.4) is 0 Å². The molecule has 0 saturated carbocycles. The van der Waals surface area contributed by atoms with Gasteiger partial charge >= 0.3 is 0 Å². The molecule has 3 nitrogen and oxygen atoms in total. The summed E-state index contributed by atoms with van der Waals surface area (Å²) in [4.78, 5) is 0. The Morgan fingerprint density at radius 2 is 1.88 bits per heavy atom. The average molecular weight is 226 g/mol. The molecule has 94 valence electrons. The fraction of sp³-hybridized carbons (Fsp3) is 0.923. The Morgan fingerprint density at radius 3 is 2.44 bits per heavy atom. The van der Waals surface area contributed by atoms with Crippen LogP contribution < -0.4 is 5.32 Å². The average Bonchev–Trinajstić information content (AvgIpc) is 2.29. The van der Waals surface area contributed by atoms with E-state index in [0.29, 0.717) is 6.42 Å². The maximum Gasteiger partial charge on any atom is 0.103 e. The maximum atomic E-state index is 9.11. The van der Waals surface area contributed by atoms with E-state index in [2.05, 4.69) is 18.3 Å². The lowest BCUT2D eigenvalue weighted by Gasteiger charge is -2.23. The lowest BCUT2D eigenvalue weighted by atomic mass is 9.95. The van der Waals surface area contributed by atoms with Gasteiger partial charge in [-0.1, -0.05) is 39.0 Å². The summed E-state index contributed by atoms with van der Waals surface area (Å²) in [6, 6.07) is 2.34. The molecule has 1 atom stereocenters. The van der Waals surface area contributed by atoms with Gasteiger partial charge in [-0.3, -0.25) is 5.32 Å². The fourth-order valence-corrected chi connectivity index (χ4v) is 1.71. The van der Waals surface area contributed by atoms with E-state index in [1.807, 2.05) is 6.92 Å². The molecule has 0 aromatic heterocycles. The SMILES string of the molecule is CCCCCCCC(C)(C#N)NCCCO. The third kappa shape index (κ3) is 7.67. The van der Waals surface area contributed by atoms with E-state index in [1.54, 1.807) is 0 Å². The topological polar surface area (TPSA) is 56.0 Å². The molecule has 0 radical (unpaired) electrons. The van der Waals surface area contributed by atoms with Gasteiger partial charge in [0.1, 0.15) is 5.54 Å². The summed E-state index contributed by atoms with van der Waals surface area (Å²) < 4.78 is 0. The molecule has 1 unspecified atom stereocenters. The zero-order valence-corrected chi connectivity index (χ0v) is 10.8. The van der Waals surface area contributed by atoms with Crippen LogP contribution in [0.5, 0.6) is 0 Å². The first-order chi connectivity index (χ1) is 7.68. The van der Waals surface area contributed by atoms with Crippen molar-refractivity contribution in [3.05, 3.63) is 0 Å². The Kier molecular flexibility index (Phi) is 9.27. The number of hydrogen-bond donors (Lipinski definition) is 2. The largest absolute Gasteiger partial charge is 0.396 e. The molecule has 2 N–H and O–H groups in total. The standard InChI is InChI=1S/C13H26N2O/c1-3-4-5-6-7-9-13(2,12-14)15-10-8-11-16/h15-16H,3-11H2,1-2H3. The van der Waals surface area contributed by atoms with Gasteiger partial charge in [-0.15, -0.1) is 0 Å². The smallest absolute Gasteiger partial charge is 0.103 e. The van der Waals surface area contributed by atoms with Crippen LogP contribution in [0.25, 0.3) is 0 Å². The van der Waals surface area contributed by atoms with Gasteiger partial charge in [0.2, 0.25) is 0 Å². The first-order valence-electron chi connectivity index (χ1n) is 6.45. The van der Waals surface area contributed by atoms with Crippen LogP contribution in [0.4, 0.5) is 0 Å². The van der Waals surface area contributed by atoms with Gasteiger partial charge in [0.15, 0.2) is 0 Å². The highest BCUT2D eigenvalue weighted by molar-refractivity contribution is 5.03. The minimum Gasteiger partial charge on any atom is -0.396 e. The monoisotopic (exact) mass is 226 g/mol. The zero-order chi connectivity index (χ0) is 12.3. The number of rotatable bonds is 10. The van der Waals surface area contributed by atoms with E-state index in [0.717, 1.165) is 19.4 Å². The normalized spacial score (nSPS) is 14.4. The van der Waals surface area contributed by atoms with Crippen LogP contribution in [0.15, 0.2) is 0 Å². The van der Waals surface area contributed by atoms with Gasteiger partial charge in [-0.25, -0.2) is 0 Å². The van der Waals surface area contributed by atoms with Crippen molar-refractivity contribution in [2.75, 3.05) is 13.2 Å². The molecule has 0 aromatic carbocycles. The first kappa shape index (κ1) is 15.4. The number of hydrogen-bond acceptors (Lipinski definition) is 3. The second-order valence-electron chi connectivity index (χ2n) is 4.61. The van der Waals surface area contributed by atoms with E-state index in [1.165, 1.54) is 25.7 Å². The Bertz CT molecular complexity index is 201. The quantitative estimate of drug-likeness (QED) is 0.563. The summed E-state index contributed by atoms with van der Waals surface area (Å²) in [6.07, 6.45) is 7.76. The van der Waals surface area contributed by atoms with Gasteiger partial charge in [-0.2, -0.15) is 5.26 Å². The summed E-state index contributed by atoms with van der Waals surface area (Å²) in [5.74, 6) is 0. The summed E-state index contributed by atoms with van der Waals surface area (Å²) >= 11 is 0. The summed E-state index contributed by atoms with van der Waals surface area (Å²) in [5.41, 5.74) is -0.415. The van der Waals surface area contributed by atoms with Gasteiger partial charge in [0.25, 0.3) is 0 Å². The molecule has 0 spiro atoms. The summed E-state index contributed by atoms with van der Waals surface area (Å²) in [7, 11) is 0. The van der Waals surface area contributed by atoms with Crippen LogP contribution in [-0.2, 0) is 0 Å². The predicted octanol–water partition coefficient (Wildman–Crippen LogP) is 2.60. The second kappa shape index (κ2) is 9.62. The molecule has 0 aromatic rings. The minimum atomic E-state index is -0.415. The molecule has 0 bridgehead atoms. The molecule has 0 aliphatic heterocycles. The van der Waals surface area contributed by atoms with Crippen LogP contribution in [0.1, 0.15) is 58.8 Å². The highest BCUT2D eigenvalue weighted by atomic mass is 16.3. The number of nitrogens with zero attached hydrogens (tertiary/aromatic N) is 1. The van der Waals surface area contributed by atoms with Crippen molar-refractivity contribution < 1.29 is 5.11 Å². The van der Waals surface area contributed by atoms with Crippen LogP contribution in [-0.4, -0.2) is 23.8 Å². The number of aliphatic hydroxyl groups is 1. The lowest BCUT2D eigenvalue weighted by molar-refractivity contribution is 0.277. The van der Waals surface area contributed by atoms with Crippen molar-refractivity contribution in [2.24, 2.45) is 0 Å². The third-order valence-electron chi connectivity index (χ3n) is 2.88. The minimum absolute atomic E-state index is 0.186. The van der Waals surface area contributed by atoms with Crippen molar-refractivity contribution in [1.29, 1.82) is 5.26 Å². The third-order valence-corrected chi connectivity index (χ3v) is 2.88. The van der Waals surface area contributed by atoms with Gasteiger partial charge in [0.05, 0.1) is 6.07 Å². The van der Waals surface area contributed by atoms with Crippen molar-refractivity contribution >= 4 is 0 Å². The van der Waals surface area contributed by atoms with Crippen molar-refractivity contribution in [3.63, 3.8) is 0 Å². The number of aliphatic hydroxyl groups excluding tert-OH is 1. The predicted molar refractivity (Wildman–Crippen MR) is 67.1 cm³/mol. The molecule has 0 saturated heterocycles. The molecule has 16 heavy (non-hydrogen) atoms. The van der Waals surface area contributed by atoms with E-state index < -0.39 is 5.54 Å². The van der Waals surface area contributed by atoms with Crippen LogP contribution in [0, 0.1) is 11.3 Å². The molecule has 0 rings (SSSR count). The highest BCUT2D eigenvalue weighted by Gasteiger charge is 2.21. The van der Waals surface area contributed by atoms with Crippen molar-refractivity contribution in [2.45, 2.75) is 64.3 Å². The number of nitrogens with one attached hydrogen (secondary N) is 1. The Labute approximate surface area is 99.9 Å². The number of unbranched alkanes of at least 4 members (excludes halogenated alkanes) is 4. The molecule has 0 heterocycles. The van der Waals surface area contributed by atoms with Crippen LogP contribution >= 0.6 is 0 Å². The second-order valence-corrected chi connectivity index (χ2v) is 4.61. The Morgan fingerprint density at radius 1 is 1.19 bits per heavy atom. The first-order valence-corrected chi connectivity index (χ1v) is 6.45. The molecule has 0 aliphatic carbocycles. The maximum absolute atomic E-state index is 9.11. The summed E-state index contributed by atoms with van der Waals surface area (Å²) in [6.45, 7) is 5.06. The van der Waals surface area contributed by atoms with E-state index in [-0.39, 0.29) is 6.61 Å². The molecule has 0 amide bonds. The lowest BCUT2D eigenvalue weighted by Crippen LogP contribution is -2.41. The number of nitriles is 1. The van der Waals surface area contributed by atoms with Gasteiger partial charge in [0, 0.05) is 6.61 Å². The van der Waals surface area contributed by atoms with Crippen molar-refractivity contribution in [3.8, 4) is 6.07 Å². The van der Waals surface area contributed by atoms with E-state index >= 15 is 0 Å². The van der Waals surface area contributed by atoms with Gasteiger partial charge < -0.3 is 5.11 Å². The van der Waals surface area contributed by atoms with E-state index in [4.69, 9.17) is 10.4 Å². The van der Waals surface area contributed by atoms with Crippen LogP contribution in [0.2, 0.25) is 0 Å². The molecule has 0 aliphatic rings. The Hall–Kier alpha value is -0.590. The summed E-state index contributed by atoms with van der Waals surface area (Å²) in [5, 5.41) is 21.0. The molecular weight excluding hydrogens is 200 g/mol. The van der Waals surface area contributed by atoms with Gasteiger partial charge in [-0.05, 0) is 26.3 Å². The molecule has 3 heteroatoms. The molecule has 0 fully saturated rings. The fourth-order valence-electron chi connectivity index (χ4n) is 1.71. The van der Waals surface area contributed by atoms with E-state index in [9.17, 15) is 0 Å².